The van der Waals surface area contributed by atoms with E-state index in [4.69, 9.17) is 5.73 Å². The molecular formula is C17H28N2OS. The molecule has 0 saturated heterocycles. The Morgan fingerprint density at radius 3 is 2.43 bits per heavy atom. The second kappa shape index (κ2) is 9.72. The highest BCUT2D eigenvalue weighted by Crippen LogP contribution is 2.28. The van der Waals surface area contributed by atoms with Gasteiger partial charge < -0.3 is 11.1 Å². The molecule has 0 fully saturated rings. The molecule has 3 nitrogen and oxygen atoms in total. The van der Waals surface area contributed by atoms with E-state index in [0.717, 1.165) is 48.4 Å². The number of rotatable bonds is 9. The van der Waals surface area contributed by atoms with Crippen molar-refractivity contribution in [2.24, 2.45) is 5.92 Å². The zero-order valence-electron chi connectivity index (χ0n) is 13.4. The van der Waals surface area contributed by atoms with Gasteiger partial charge in [0.2, 0.25) is 5.91 Å². The summed E-state index contributed by atoms with van der Waals surface area (Å²) in [4.78, 5) is 13.6. The molecule has 4 heteroatoms. The molecule has 21 heavy (non-hydrogen) atoms. The van der Waals surface area contributed by atoms with Gasteiger partial charge in [0.25, 0.3) is 0 Å². The number of hydrogen-bond acceptors (Lipinski definition) is 3. The van der Waals surface area contributed by atoms with Crippen LogP contribution < -0.4 is 11.1 Å². The van der Waals surface area contributed by atoms with Crippen LogP contribution in [0.1, 0.15) is 52.9 Å². The lowest BCUT2D eigenvalue weighted by atomic mass is 9.97. The number of carbonyl (C=O) groups is 1. The highest BCUT2D eigenvalue weighted by atomic mass is 32.2. The van der Waals surface area contributed by atoms with Crippen LogP contribution in [0.4, 0.5) is 11.4 Å². The molecule has 0 aromatic heterocycles. The van der Waals surface area contributed by atoms with Crippen molar-refractivity contribution < 1.29 is 4.79 Å². The fourth-order valence-electron chi connectivity index (χ4n) is 2.29. The zero-order chi connectivity index (χ0) is 15.7. The van der Waals surface area contributed by atoms with E-state index in [2.05, 4.69) is 26.1 Å². The maximum absolute atomic E-state index is 12.4. The summed E-state index contributed by atoms with van der Waals surface area (Å²) in [5.74, 6) is 1.26. The van der Waals surface area contributed by atoms with Crippen molar-refractivity contribution in [2.75, 3.05) is 16.8 Å². The number of hydrogen-bond donors (Lipinski definition) is 2. The number of nitrogen functional groups attached to an aromatic ring is 1. The van der Waals surface area contributed by atoms with Gasteiger partial charge in [-0.15, -0.1) is 11.8 Å². The average molecular weight is 308 g/mol. The van der Waals surface area contributed by atoms with Crippen LogP contribution in [0.5, 0.6) is 0 Å². The van der Waals surface area contributed by atoms with Gasteiger partial charge in [-0.2, -0.15) is 0 Å². The maximum atomic E-state index is 12.4. The summed E-state index contributed by atoms with van der Waals surface area (Å²) in [6, 6.07) is 5.88. The summed E-state index contributed by atoms with van der Waals surface area (Å²) in [6.07, 6.45) is 5.05. The minimum absolute atomic E-state index is 0.0892. The predicted octanol–water partition coefficient (Wildman–Crippen LogP) is 4.93. The van der Waals surface area contributed by atoms with Gasteiger partial charge >= 0.3 is 0 Å². The van der Waals surface area contributed by atoms with Crippen LogP contribution in [0.3, 0.4) is 0 Å². The van der Waals surface area contributed by atoms with E-state index in [1.54, 1.807) is 11.8 Å². The molecule has 0 bridgehead atoms. The largest absolute Gasteiger partial charge is 0.397 e. The van der Waals surface area contributed by atoms with Crippen LogP contribution in [0.15, 0.2) is 23.1 Å². The lowest BCUT2D eigenvalue weighted by Crippen LogP contribution is -2.23. The Bertz CT molecular complexity index is 442. The molecule has 0 unspecified atom stereocenters. The van der Waals surface area contributed by atoms with Gasteiger partial charge in [-0.1, -0.05) is 33.6 Å². The van der Waals surface area contributed by atoms with E-state index in [1.165, 1.54) is 0 Å². The van der Waals surface area contributed by atoms with Gasteiger partial charge in [-0.05, 0) is 43.2 Å². The lowest BCUT2D eigenvalue weighted by molar-refractivity contribution is -0.120. The van der Waals surface area contributed by atoms with Gasteiger partial charge in [0.15, 0.2) is 0 Å². The Hall–Kier alpha value is -1.16. The van der Waals surface area contributed by atoms with Gasteiger partial charge in [-0.3, -0.25) is 4.79 Å². The van der Waals surface area contributed by atoms with Crippen molar-refractivity contribution in [1.82, 2.24) is 0 Å². The topological polar surface area (TPSA) is 55.1 Å². The summed E-state index contributed by atoms with van der Waals surface area (Å²) < 4.78 is 0. The quantitative estimate of drug-likeness (QED) is 0.502. The van der Waals surface area contributed by atoms with E-state index in [1.807, 2.05) is 18.2 Å². The maximum Gasteiger partial charge on any atom is 0.227 e. The number of nitrogens with one attached hydrogen (secondary N) is 1. The normalized spacial score (nSPS) is 10.9. The molecule has 1 rings (SSSR count). The smallest absolute Gasteiger partial charge is 0.227 e. The summed E-state index contributed by atoms with van der Waals surface area (Å²) in [7, 11) is 0. The Morgan fingerprint density at radius 1 is 1.19 bits per heavy atom. The highest BCUT2D eigenvalue weighted by molar-refractivity contribution is 7.99. The van der Waals surface area contributed by atoms with Crippen molar-refractivity contribution in [3.8, 4) is 0 Å². The van der Waals surface area contributed by atoms with Crippen LogP contribution in [0.25, 0.3) is 0 Å². The van der Waals surface area contributed by atoms with Gasteiger partial charge in [-0.25, -0.2) is 0 Å². The number of nitrogens with two attached hydrogens (primary N) is 1. The molecule has 3 N–H and O–H groups in total. The SMILES string of the molecule is CCCSc1ccc(N)c(NC(=O)C(CCC)CCC)c1. The first kappa shape index (κ1) is 17.9. The molecule has 1 amide bonds. The number of benzene rings is 1. The van der Waals surface area contributed by atoms with E-state index >= 15 is 0 Å². The number of amides is 1. The first-order chi connectivity index (χ1) is 10.1. The third kappa shape index (κ3) is 6.00. The Balaban J connectivity index is 2.77. The molecule has 0 atom stereocenters. The molecular weight excluding hydrogens is 280 g/mol. The molecule has 1 aromatic carbocycles. The predicted molar refractivity (Wildman–Crippen MR) is 93.8 cm³/mol. The van der Waals surface area contributed by atoms with Crippen LogP contribution in [0, 0.1) is 5.92 Å². The summed E-state index contributed by atoms with van der Waals surface area (Å²) in [5.41, 5.74) is 7.37. The van der Waals surface area contributed by atoms with E-state index in [-0.39, 0.29) is 11.8 Å². The summed E-state index contributed by atoms with van der Waals surface area (Å²) in [6.45, 7) is 6.39. The summed E-state index contributed by atoms with van der Waals surface area (Å²) in [5, 5.41) is 3.02. The van der Waals surface area contributed by atoms with Crippen LogP contribution in [-0.2, 0) is 4.79 Å². The second-order valence-electron chi connectivity index (χ2n) is 5.36. The van der Waals surface area contributed by atoms with Crippen LogP contribution in [-0.4, -0.2) is 11.7 Å². The van der Waals surface area contributed by atoms with E-state index in [0.29, 0.717) is 5.69 Å². The molecule has 0 spiro atoms. The number of anilines is 2. The third-order valence-electron chi connectivity index (χ3n) is 3.40. The van der Waals surface area contributed by atoms with E-state index < -0.39 is 0 Å². The van der Waals surface area contributed by atoms with Gasteiger partial charge in [0, 0.05) is 10.8 Å². The number of thioether (sulfide) groups is 1. The molecule has 0 aliphatic heterocycles. The molecule has 0 heterocycles. The molecule has 0 saturated carbocycles. The first-order valence-corrected chi connectivity index (χ1v) is 8.94. The molecule has 0 aliphatic carbocycles. The van der Waals surface area contributed by atoms with Gasteiger partial charge in [0.1, 0.15) is 0 Å². The lowest BCUT2D eigenvalue weighted by Gasteiger charge is -2.17. The molecule has 0 aliphatic rings. The van der Waals surface area contributed by atoms with Crippen molar-refractivity contribution in [1.29, 1.82) is 0 Å². The highest BCUT2D eigenvalue weighted by Gasteiger charge is 2.17. The minimum Gasteiger partial charge on any atom is -0.397 e. The van der Waals surface area contributed by atoms with Crippen molar-refractivity contribution in [3.05, 3.63) is 18.2 Å². The second-order valence-corrected chi connectivity index (χ2v) is 6.53. The fourth-order valence-corrected chi connectivity index (χ4v) is 3.10. The van der Waals surface area contributed by atoms with E-state index in [9.17, 15) is 4.79 Å². The number of carbonyl (C=O) groups excluding carboxylic acids is 1. The summed E-state index contributed by atoms with van der Waals surface area (Å²) >= 11 is 1.79. The average Bonchev–Trinajstić information content (AvgIpc) is 2.47. The Labute approximate surface area is 133 Å². The van der Waals surface area contributed by atoms with Crippen molar-refractivity contribution in [2.45, 2.75) is 57.8 Å². The third-order valence-corrected chi connectivity index (χ3v) is 4.60. The van der Waals surface area contributed by atoms with Crippen LogP contribution >= 0.6 is 11.8 Å². The molecule has 1 aromatic rings. The van der Waals surface area contributed by atoms with Crippen LogP contribution in [0.2, 0.25) is 0 Å². The van der Waals surface area contributed by atoms with Crippen molar-refractivity contribution in [3.63, 3.8) is 0 Å². The van der Waals surface area contributed by atoms with Gasteiger partial charge in [0.05, 0.1) is 11.4 Å². The van der Waals surface area contributed by atoms with Crippen molar-refractivity contribution >= 4 is 29.0 Å². The zero-order valence-corrected chi connectivity index (χ0v) is 14.3. The fraction of sp³-hybridized carbons (Fsp3) is 0.588. The first-order valence-electron chi connectivity index (χ1n) is 7.95. The monoisotopic (exact) mass is 308 g/mol. The Kier molecular flexibility index (Phi) is 8.28. The minimum atomic E-state index is 0.0892. The molecule has 0 radical (unpaired) electrons. The Morgan fingerprint density at radius 2 is 1.86 bits per heavy atom. The molecule has 118 valence electrons. The standard InChI is InChI=1S/C17H28N2OS/c1-4-7-13(8-5-2)17(20)19-16-12-14(21-11-6-3)9-10-15(16)18/h9-10,12-13H,4-8,11,18H2,1-3H3,(H,19,20).